The lowest BCUT2D eigenvalue weighted by Crippen LogP contribution is -2.35. The molecule has 1 heterocycles. The standard InChI is InChI=1S/C28H31BrN2O3S/c1-3-21-18-24(29)19-22(4-2)28(21)30-27(32)16-13-20-11-14-25(15-12-20)35(33,34)31-17-7-9-23-8-5-6-10-26(23)31/h5-6,8,10-12,14-15,18-19H,3-4,7,9,13,16-17H2,1-2H3,(H,30,32). The summed E-state index contributed by atoms with van der Waals surface area (Å²) in [6.45, 7) is 4.64. The number of rotatable bonds is 8. The third-order valence-electron chi connectivity index (χ3n) is 6.51. The average Bonchev–Trinajstić information content (AvgIpc) is 2.88. The summed E-state index contributed by atoms with van der Waals surface area (Å²) < 4.78 is 29.2. The van der Waals surface area contributed by atoms with Gasteiger partial charge in [0.2, 0.25) is 5.91 Å². The third kappa shape index (κ3) is 5.62. The second-order valence-electron chi connectivity index (χ2n) is 8.81. The van der Waals surface area contributed by atoms with E-state index in [1.54, 1.807) is 12.1 Å². The molecule has 184 valence electrons. The number of carbonyl (C=O) groups is 1. The summed E-state index contributed by atoms with van der Waals surface area (Å²) in [6, 6.07) is 18.7. The van der Waals surface area contributed by atoms with Crippen molar-refractivity contribution in [3.8, 4) is 0 Å². The maximum absolute atomic E-state index is 13.3. The van der Waals surface area contributed by atoms with Gasteiger partial charge in [-0.05, 0) is 84.7 Å². The number of nitrogens with zero attached hydrogens (tertiary/aromatic N) is 1. The molecule has 0 aromatic heterocycles. The van der Waals surface area contributed by atoms with E-state index in [1.165, 1.54) is 4.31 Å². The van der Waals surface area contributed by atoms with Crippen molar-refractivity contribution in [1.29, 1.82) is 0 Å². The highest BCUT2D eigenvalue weighted by atomic mass is 79.9. The van der Waals surface area contributed by atoms with Crippen LogP contribution in [0, 0.1) is 0 Å². The van der Waals surface area contributed by atoms with E-state index in [0.717, 1.165) is 63.8 Å². The fourth-order valence-corrected chi connectivity index (χ4v) is 6.70. The number of anilines is 2. The predicted molar refractivity (Wildman–Crippen MR) is 146 cm³/mol. The highest BCUT2D eigenvalue weighted by molar-refractivity contribution is 9.10. The summed E-state index contributed by atoms with van der Waals surface area (Å²) in [5.74, 6) is -0.0432. The lowest BCUT2D eigenvalue weighted by molar-refractivity contribution is -0.116. The summed E-state index contributed by atoms with van der Waals surface area (Å²) in [5.41, 5.74) is 5.89. The summed E-state index contributed by atoms with van der Waals surface area (Å²) in [4.78, 5) is 13.0. The molecule has 1 aliphatic heterocycles. The summed E-state index contributed by atoms with van der Waals surface area (Å²) in [7, 11) is -3.63. The fourth-order valence-electron chi connectivity index (χ4n) is 4.61. The molecule has 0 saturated carbocycles. The second kappa shape index (κ2) is 11.0. The van der Waals surface area contributed by atoms with Crippen LogP contribution in [0.5, 0.6) is 0 Å². The average molecular weight is 556 g/mol. The van der Waals surface area contributed by atoms with Crippen molar-refractivity contribution in [2.75, 3.05) is 16.2 Å². The number of benzene rings is 3. The van der Waals surface area contributed by atoms with Crippen molar-refractivity contribution in [2.45, 2.75) is 57.3 Å². The van der Waals surface area contributed by atoms with Crippen LogP contribution in [0.3, 0.4) is 0 Å². The quantitative estimate of drug-likeness (QED) is 0.356. The molecule has 1 N–H and O–H groups in total. The minimum Gasteiger partial charge on any atom is -0.326 e. The number of nitrogens with one attached hydrogen (secondary N) is 1. The molecule has 7 heteroatoms. The van der Waals surface area contributed by atoms with Crippen LogP contribution in [0.2, 0.25) is 0 Å². The first-order valence-corrected chi connectivity index (χ1v) is 14.4. The highest BCUT2D eigenvalue weighted by Crippen LogP contribution is 2.32. The first-order valence-electron chi connectivity index (χ1n) is 12.1. The summed E-state index contributed by atoms with van der Waals surface area (Å²) >= 11 is 3.55. The van der Waals surface area contributed by atoms with Crippen molar-refractivity contribution >= 4 is 43.2 Å². The van der Waals surface area contributed by atoms with E-state index in [2.05, 4.69) is 47.2 Å². The summed E-state index contributed by atoms with van der Waals surface area (Å²) in [6.07, 6.45) is 4.23. The van der Waals surface area contributed by atoms with Gasteiger partial charge in [0.05, 0.1) is 10.6 Å². The molecule has 3 aromatic carbocycles. The molecule has 3 aromatic rings. The van der Waals surface area contributed by atoms with Crippen LogP contribution < -0.4 is 9.62 Å². The lowest BCUT2D eigenvalue weighted by Gasteiger charge is -2.30. The smallest absolute Gasteiger partial charge is 0.264 e. The van der Waals surface area contributed by atoms with E-state index in [-0.39, 0.29) is 10.8 Å². The number of amides is 1. The summed E-state index contributed by atoms with van der Waals surface area (Å²) in [5, 5.41) is 3.10. The highest BCUT2D eigenvalue weighted by Gasteiger charge is 2.28. The van der Waals surface area contributed by atoms with Crippen LogP contribution in [-0.4, -0.2) is 20.9 Å². The molecule has 1 aliphatic rings. The van der Waals surface area contributed by atoms with E-state index >= 15 is 0 Å². The zero-order valence-corrected chi connectivity index (χ0v) is 22.6. The normalized spacial score (nSPS) is 13.4. The van der Waals surface area contributed by atoms with Crippen molar-refractivity contribution in [3.05, 3.63) is 87.4 Å². The topological polar surface area (TPSA) is 66.5 Å². The van der Waals surface area contributed by atoms with E-state index in [1.807, 2.05) is 36.4 Å². The van der Waals surface area contributed by atoms with Gasteiger partial charge in [-0.1, -0.05) is 60.1 Å². The van der Waals surface area contributed by atoms with Crippen molar-refractivity contribution in [2.24, 2.45) is 0 Å². The molecular formula is C28H31BrN2O3S. The minimum atomic E-state index is -3.63. The Balaban J connectivity index is 1.43. The molecule has 0 aliphatic carbocycles. The lowest BCUT2D eigenvalue weighted by atomic mass is 10.0. The molecule has 0 spiro atoms. The Morgan fingerprint density at radius 3 is 2.31 bits per heavy atom. The Kier molecular flexibility index (Phi) is 7.97. The van der Waals surface area contributed by atoms with Gasteiger partial charge in [-0.15, -0.1) is 0 Å². The Morgan fingerprint density at radius 2 is 1.66 bits per heavy atom. The van der Waals surface area contributed by atoms with E-state index in [0.29, 0.717) is 19.4 Å². The minimum absolute atomic E-state index is 0.0432. The Labute approximate surface area is 216 Å². The maximum Gasteiger partial charge on any atom is 0.264 e. The van der Waals surface area contributed by atoms with E-state index in [4.69, 9.17) is 0 Å². The molecule has 35 heavy (non-hydrogen) atoms. The predicted octanol–water partition coefficient (Wildman–Crippen LogP) is 6.29. The van der Waals surface area contributed by atoms with Crippen LogP contribution >= 0.6 is 15.9 Å². The number of hydrogen-bond donors (Lipinski definition) is 1. The van der Waals surface area contributed by atoms with Gasteiger partial charge in [-0.2, -0.15) is 0 Å². The zero-order chi connectivity index (χ0) is 25.0. The number of fused-ring (bicyclic) bond motifs is 1. The molecule has 1 amide bonds. The van der Waals surface area contributed by atoms with Gasteiger partial charge >= 0.3 is 0 Å². The second-order valence-corrected chi connectivity index (χ2v) is 11.6. The van der Waals surface area contributed by atoms with Crippen molar-refractivity contribution < 1.29 is 13.2 Å². The maximum atomic E-state index is 13.3. The molecule has 0 fully saturated rings. The van der Waals surface area contributed by atoms with Crippen LogP contribution in [0.15, 0.2) is 70.0 Å². The van der Waals surface area contributed by atoms with Crippen LogP contribution in [0.1, 0.15) is 48.9 Å². The monoisotopic (exact) mass is 554 g/mol. The molecule has 4 rings (SSSR count). The van der Waals surface area contributed by atoms with E-state index < -0.39 is 10.0 Å². The van der Waals surface area contributed by atoms with Crippen molar-refractivity contribution in [1.82, 2.24) is 0 Å². The molecule has 0 unspecified atom stereocenters. The molecule has 0 bridgehead atoms. The number of hydrogen-bond acceptors (Lipinski definition) is 3. The van der Waals surface area contributed by atoms with Crippen molar-refractivity contribution in [3.63, 3.8) is 0 Å². The molecule has 5 nitrogen and oxygen atoms in total. The molecule has 0 atom stereocenters. The number of sulfonamides is 1. The molecular weight excluding hydrogens is 524 g/mol. The Hall–Kier alpha value is -2.64. The van der Waals surface area contributed by atoms with Gasteiger partial charge < -0.3 is 5.32 Å². The van der Waals surface area contributed by atoms with Gasteiger partial charge in [0.25, 0.3) is 10.0 Å². The molecule has 0 saturated heterocycles. The van der Waals surface area contributed by atoms with Gasteiger partial charge in [0.1, 0.15) is 0 Å². The first kappa shape index (κ1) is 25.5. The third-order valence-corrected chi connectivity index (χ3v) is 8.80. The molecule has 0 radical (unpaired) electrons. The number of aryl methyl sites for hydroxylation is 4. The Morgan fingerprint density at radius 1 is 1.00 bits per heavy atom. The van der Waals surface area contributed by atoms with Crippen LogP contribution in [0.25, 0.3) is 0 Å². The fraction of sp³-hybridized carbons (Fsp3) is 0.321. The number of carbonyl (C=O) groups excluding carboxylic acids is 1. The Bertz CT molecular complexity index is 1300. The first-order chi connectivity index (χ1) is 16.8. The number of halogens is 1. The largest absolute Gasteiger partial charge is 0.326 e. The van der Waals surface area contributed by atoms with E-state index in [9.17, 15) is 13.2 Å². The van der Waals surface area contributed by atoms with Crippen LogP contribution in [-0.2, 0) is 40.5 Å². The number of para-hydroxylation sites is 1. The zero-order valence-electron chi connectivity index (χ0n) is 20.2. The van der Waals surface area contributed by atoms with Gasteiger partial charge in [0.15, 0.2) is 0 Å². The SMILES string of the molecule is CCc1cc(Br)cc(CC)c1NC(=O)CCc1ccc(S(=O)(=O)N2CCCc3ccccc32)cc1. The van der Waals surface area contributed by atoms with Gasteiger partial charge in [-0.25, -0.2) is 8.42 Å². The van der Waals surface area contributed by atoms with Gasteiger partial charge in [0, 0.05) is 23.1 Å². The van der Waals surface area contributed by atoms with Gasteiger partial charge in [-0.3, -0.25) is 9.10 Å². The van der Waals surface area contributed by atoms with Crippen LogP contribution in [0.4, 0.5) is 11.4 Å².